The first-order valence-corrected chi connectivity index (χ1v) is 9.03. The van der Waals surface area contributed by atoms with Crippen LogP contribution in [0, 0.1) is 6.92 Å². The largest absolute Gasteiger partial charge is 0.492 e. The first-order valence-electron chi connectivity index (χ1n) is 8.24. The van der Waals surface area contributed by atoms with Crippen LogP contribution < -0.4 is 10.5 Å². The van der Waals surface area contributed by atoms with Crippen LogP contribution in [0.25, 0.3) is 11.3 Å². The van der Waals surface area contributed by atoms with Crippen LogP contribution in [-0.2, 0) is 0 Å². The molecule has 2 rings (SSSR count). The summed E-state index contributed by atoms with van der Waals surface area (Å²) in [6.45, 7) is 4.43. The van der Waals surface area contributed by atoms with Gasteiger partial charge in [-0.25, -0.2) is 14.8 Å². The zero-order valence-electron chi connectivity index (χ0n) is 14.4. The number of aromatic nitrogens is 2. The molecule has 0 atom stereocenters. The van der Waals surface area contributed by atoms with E-state index in [2.05, 4.69) is 32.8 Å². The monoisotopic (exact) mass is 407 g/mol. The molecule has 0 saturated heterocycles. The van der Waals surface area contributed by atoms with E-state index in [-0.39, 0.29) is 11.5 Å². The van der Waals surface area contributed by atoms with Crippen molar-refractivity contribution in [2.24, 2.45) is 0 Å². The quantitative estimate of drug-likeness (QED) is 0.626. The molecular formula is C18H22BrN3O3. The average molecular weight is 408 g/mol. The molecule has 0 aliphatic rings. The number of nitrogen functional groups attached to an aromatic ring is 1. The lowest BCUT2D eigenvalue weighted by Gasteiger charge is -2.12. The summed E-state index contributed by atoms with van der Waals surface area (Å²) >= 11 is 3.48. The number of rotatable bonds is 8. The number of carboxylic acids is 1. The average Bonchev–Trinajstić information content (AvgIpc) is 2.54. The van der Waals surface area contributed by atoms with E-state index in [0.717, 1.165) is 23.1 Å². The lowest BCUT2D eigenvalue weighted by molar-refractivity contribution is 0.0696. The number of nitrogens with zero attached hydrogens (tertiary/aromatic N) is 2. The molecule has 0 spiro atoms. The van der Waals surface area contributed by atoms with Crippen molar-refractivity contribution in [1.29, 1.82) is 0 Å². The van der Waals surface area contributed by atoms with Gasteiger partial charge in [0.2, 0.25) is 5.95 Å². The van der Waals surface area contributed by atoms with E-state index >= 15 is 0 Å². The van der Waals surface area contributed by atoms with Gasteiger partial charge in [0, 0.05) is 5.56 Å². The summed E-state index contributed by atoms with van der Waals surface area (Å²) in [6, 6.07) is 5.37. The molecule has 3 N–H and O–H groups in total. The van der Waals surface area contributed by atoms with Crippen molar-refractivity contribution < 1.29 is 14.6 Å². The number of carbonyl (C=O) groups is 1. The van der Waals surface area contributed by atoms with Gasteiger partial charge >= 0.3 is 5.97 Å². The molecule has 0 fully saturated rings. The molecule has 0 radical (unpaired) electrons. The van der Waals surface area contributed by atoms with Crippen LogP contribution in [0.5, 0.6) is 5.75 Å². The summed E-state index contributed by atoms with van der Waals surface area (Å²) < 4.78 is 6.52. The van der Waals surface area contributed by atoms with E-state index < -0.39 is 5.97 Å². The highest BCUT2D eigenvalue weighted by Gasteiger charge is 2.19. The Hall–Kier alpha value is -2.15. The second-order valence-corrected chi connectivity index (χ2v) is 6.60. The van der Waals surface area contributed by atoms with Crippen LogP contribution in [-0.4, -0.2) is 27.7 Å². The van der Waals surface area contributed by atoms with Gasteiger partial charge in [-0.05, 0) is 47.5 Å². The highest BCUT2D eigenvalue weighted by atomic mass is 79.9. The van der Waals surface area contributed by atoms with Crippen LogP contribution in [0.1, 0.15) is 48.7 Å². The van der Waals surface area contributed by atoms with Gasteiger partial charge in [-0.3, -0.25) is 0 Å². The fraction of sp³-hybridized carbons (Fsp3) is 0.389. The predicted molar refractivity (Wildman–Crippen MR) is 101 cm³/mol. The zero-order valence-corrected chi connectivity index (χ0v) is 16.0. The van der Waals surface area contributed by atoms with Crippen molar-refractivity contribution in [3.05, 3.63) is 33.9 Å². The number of carboxylic acid groups (broad SMARTS) is 1. The number of hydrogen-bond donors (Lipinski definition) is 2. The fourth-order valence-corrected chi connectivity index (χ4v) is 3.03. The molecule has 1 heterocycles. The molecule has 0 aliphatic heterocycles. The van der Waals surface area contributed by atoms with E-state index in [1.54, 1.807) is 25.1 Å². The lowest BCUT2D eigenvalue weighted by atomic mass is 10.0. The molecule has 6 nitrogen and oxygen atoms in total. The number of anilines is 1. The van der Waals surface area contributed by atoms with Gasteiger partial charge in [0.25, 0.3) is 0 Å². The minimum atomic E-state index is -1.08. The van der Waals surface area contributed by atoms with Gasteiger partial charge < -0.3 is 15.6 Å². The number of aromatic carboxylic acids is 1. The van der Waals surface area contributed by atoms with Crippen LogP contribution in [0.2, 0.25) is 0 Å². The minimum absolute atomic E-state index is 0.0462. The molecule has 0 aliphatic carbocycles. The van der Waals surface area contributed by atoms with Gasteiger partial charge in [-0.15, -0.1) is 0 Å². The molecular weight excluding hydrogens is 386 g/mol. The Labute approximate surface area is 155 Å². The number of hydrogen-bond acceptors (Lipinski definition) is 5. The van der Waals surface area contributed by atoms with E-state index in [0.29, 0.717) is 23.6 Å². The molecule has 0 amide bonds. The fourth-order valence-electron chi connectivity index (χ4n) is 2.54. The van der Waals surface area contributed by atoms with Crippen molar-refractivity contribution in [1.82, 2.24) is 9.97 Å². The number of nitrogens with two attached hydrogens (primary N) is 1. The van der Waals surface area contributed by atoms with Crippen LogP contribution >= 0.6 is 15.9 Å². The topological polar surface area (TPSA) is 98.3 Å². The number of ether oxygens (including phenoxy) is 1. The van der Waals surface area contributed by atoms with Gasteiger partial charge in [-0.1, -0.05) is 26.2 Å². The third-order valence-electron chi connectivity index (χ3n) is 3.78. The maximum Gasteiger partial charge on any atom is 0.339 e. The third-order valence-corrected chi connectivity index (χ3v) is 4.40. The first-order chi connectivity index (χ1) is 11.9. The Kier molecular flexibility index (Phi) is 6.75. The lowest BCUT2D eigenvalue weighted by Crippen LogP contribution is -2.09. The van der Waals surface area contributed by atoms with Crippen LogP contribution in [0.3, 0.4) is 0 Å². The standard InChI is InChI=1S/C18H22BrN3O3/c1-3-4-5-6-9-25-14-8-7-12(10-13(14)19)16-15(17(23)24)11(2)21-18(20)22-16/h7-8,10H,3-6,9H2,1-2H3,(H,23,24)(H2,20,21,22). The second-order valence-electron chi connectivity index (χ2n) is 5.75. The summed E-state index contributed by atoms with van der Waals surface area (Å²) in [5.74, 6) is -0.319. The Morgan fingerprint density at radius 3 is 2.68 bits per heavy atom. The SMILES string of the molecule is CCCCCCOc1ccc(-c2nc(N)nc(C)c2C(=O)O)cc1Br. The Morgan fingerprint density at radius 2 is 2.04 bits per heavy atom. The normalized spacial score (nSPS) is 10.7. The summed E-state index contributed by atoms with van der Waals surface area (Å²) in [4.78, 5) is 19.6. The maximum absolute atomic E-state index is 11.5. The summed E-state index contributed by atoms with van der Waals surface area (Å²) in [7, 11) is 0. The smallest absolute Gasteiger partial charge is 0.339 e. The molecule has 7 heteroatoms. The highest BCUT2D eigenvalue weighted by Crippen LogP contribution is 2.32. The van der Waals surface area contributed by atoms with Gasteiger partial charge in [0.1, 0.15) is 11.3 Å². The highest BCUT2D eigenvalue weighted by molar-refractivity contribution is 9.10. The van der Waals surface area contributed by atoms with Crippen molar-refractivity contribution >= 4 is 27.8 Å². The number of unbranched alkanes of at least 4 members (excludes halogenated alkanes) is 3. The molecule has 2 aromatic rings. The molecule has 1 aromatic heterocycles. The number of halogens is 1. The molecule has 134 valence electrons. The number of benzene rings is 1. The summed E-state index contributed by atoms with van der Waals surface area (Å²) in [5.41, 5.74) is 7.01. The van der Waals surface area contributed by atoms with Crippen molar-refractivity contribution in [2.45, 2.75) is 39.5 Å². The van der Waals surface area contributed by atoms with Crippen LogP contribution in [0.4, 0.5) is 5.95 Å². The molecule has 0 unspecified atom stereocenters. The Balaban J connectivity index is 2.25. The third kappa shape index (κ3) is 4.92. The maximum atomic E-state index is 11.5. The Morgan fingerprint density at radius 1 is 1.28 bits per heavy atom. The number of aryl methyl sites for hydroxylation is 1. The van der Waals surface area contributed by atoms with Gasteiger partial charge in [0.05, 0.1) is 22.5 Å². The Bertz CT molecular complexity index is 765. The predicted octanol–water partition coefficient (Wildman–Crippen LogP) is 4.45. The van der Waals surface area contributed by atoms with E-state index in [9.17, 15) is 9.90 Å². The first kappa shape index (κ1) is 19.2. The minimum Gasteiger partial charge on any atom is -0.492 e. The van der Waals surface area contributed by atoms with Crippen molar-refractivity contribution in [3.8, 4) is 17.0 Å². The molecule has 1 aromatic carbocycles. The van der Waals surface area contributed by atoms with Crippen molar-refractivity contribution in [3.63, 3.8) is 0 Å². The van der Waals surface area contributed by atoms with Gasteiger partial charge in [-0.2, -0.15) is 0 Å². The van der Waals surface area contributed by atoms with Crippen LogP contribution in [0.15, 0.2) is 22.7 Å². The van der Waals surface area contributed by atoms with E-state index in [1.165, 1.54) is 12.8 Å². The van der Waals surface area contributed by atoms with Gasteiger partial charge in [0.15, 0.2) is 0 Å². The second kappa shape index (κ2) is 8.80. The van der Waals surface area contributed by atoms with Crippen molar-refractivity contribution in [2.75, 3.05) is 12.3 Å². The summed E-state index contributed by atoms with van der Waals surface area (Å²) in [6.07, 6.45) is 4.54. The zero-order chi connectivity index (χ0) is 18.4. The molecule has 0 saturated carbocycles. The summed E-state index contributed by atoms with van der Waals surface area (Å²) in [5, 5.41) is 9.45. The molecule has 25 heavy (non-hydrogen) atoms. The van der Waals surface area contributed by atoms with E-state index in [1.807, 2.05) is 0 Å². The van der Waals surface area contributed by atoms with E-state index in [4.69, 9.17) is 10.5 Å². The molecule has 0 bridgehead atoms.